The second-order valence-electron chi connectivity index (χ2n) is 7.12. The minimum absolute atomic E-state index is 0.0563. The molecule has 144 valence electrons. The maximum Gasteiger partial charge on any atom is 0.314 e. The number of hydrogen-bond acceptors (Lipinski definition) is 2. The smallest absolute Gasteiger partial charge is 0.314 e. The molecule has 0 aliphatic carbocycles. The van der Waals surface area contributed by atoms with E-state index < -0.39 is 0 Å². The molecule has 4 nitrogen and oxygen atoms in total. The molecule has 2 aromatic rings. The number of primary amides is 1. The third kappa shape index (κ3) is 5.50. The van der Waals surface area contributed by atoms with Gasteiger partial charge in [0.2, 0.25) is 0 Å². The normalized spacial score (nSPS) is 16.3. The highest BCUT2D eigenvalue weighted by Gasteiger charge is 2.24. The van der Waals surface area contributed by atoms with E-state index in [0.29, 0.717) is 25.6 Å². The molecule has 1 saturated heterocycles. The molecule has 3 rings (SSSR count). The highest BCUT2D eigenvalue weighted by Crippen LogP contribution is 2.29. The summed E-state index contributed by atoms with van der Waals surface area (Å²) in [5.74, 6) is -0.0581. The van der Waals surface area contributed by atoms with Crippen LogP contribution >= 0.6 is 0 Å². The maximum absolute atomic E-state index is 13.3. The van der Waals surface area contributed by atoms with Crippen LogP contribution in [0.15, 0.2) is 48.5 Å². The van der Waals surface area contributed by atoms with Gasteiger partial charge in [0.05, 0.1) is 0 Å². The summed E-state index contributed by atoms with van der Waals surface area (Å²) in [5.41, 5.74) is 7.37. The Morgan fingerprint density at radius 3 is 2.15 bits per heavy atom. The number of benzene rings is 2. The molecule has 0 bridgehead atoms. The van der Waals surface area contributed by atoms with Crippen LogP contribution in [-0.2, 0) is 6.54 Å². The van der Waals surface area contributed by atoms with E-state index in [0.717, 1.165) is 30.4 Å². The molecular weight excluding hydrogens is 348 g/mol. The molecule has 6 heteroatoms. The van der Waals surface area contributed by atoms with Gasteiger partial charge in [-0.25, -0.2) is 13.6 Å². The first-order valence-corrected chi connectivity index (χ1v) is 9.29. The molecule has 1 atom stereocenters. The van der Waals surface area contributed by atoms with Gasteiger partial charge in [0.15, 0.2) is 0 Å². The maximum atomic E-state index is 13.3. The van der Waals surface area contributed by atoms with Crippen LogP contribution < -0.4 is 11.1 Å². The van der Waals surface area contributed by atoms with Gasteiger partial charge >= 0.3 is 6.03 Å². The molecule has 0 aromatic heterocycles. The molecule has 1 aliphatic heterocycles. The standard InChI is InChI=1S/C21H25F2N3O/c22-18-5-1-16(2-6-18)14-25-20(17-3-7-19(23)8-4-17)13-15-9-11-26(12-10-15)21(24)27/h1-8,15,20,25H,9-14H2,(H2,24,27). The molecule has 2 aromatic carbocycles. The zero-order valence-corrected chi connectivity index (χ0v) is 15.2. The van der Waals surface area contributed by atoms with Crippen LogP contribution in [0.4, 0.5) is 13.6 Å². The van der Waals surface area contributed by atoms with Gasteiger partial charge in [-0.05, 0) is 60.6 Å². The predicted octanol–water partition coefficient (Wildman–Crippen LogP) is 3.98. The lowest BCUT2D eigenvalue weighted by molar-refractivity contribution is 0.171. The Labute approximate surface area is 158 Å². The van der Waals surface area contributed by atoms with Gasteiger partial charge < -0.3 is 16.0 Å². The lowest BCUT2D eigenvalue weighted by Gasteiger charge is -2.33. The Bertz CT molecular complexity index is 741. The second-order valence-corrected chi connectivity index (χ2v) is 7.12. The van der Waals surface area contributed by atoms with E-state index in [-0.39, 0.29) is 23.7 Å². The van der Waals surface area contributed by atoms with Crippen LogP contribution in [0.5, 0.6) is 0 Å². The number of urea groups is 1. The summed E-state index contributed by atoms with van der Waals surface area (Å²) in [6.07, 6.45) is 2.69. The summed E-state index contributed by atoms with van der Waals surface area (Å²) in [6.45, 7) is 1.95. The lowest BCUT2D eigenvalue weighted by atomic mass is 9.87. The molecule has 1 unspecified atom stereocenters. The summed E-state index contributed by atoms with van der Waals surface area (Å²) in [5, 5.41) is 3.52. The van der Waals surface area contributed by atoms with Gasteiger partial charge in [0.25, 0.3) is 0 Å². The Morgan fingerprint density at radius 2 is 1.59 bits per heavy atom. The van der Waals surface area contributed by atoms with Crippen molar-refractivity contribution in [1.29, 1.82) is 0 Å². The van der Waals surface area contributed by atoms with Gasteiger partial charge in [-0.2, -0.15) is 0 Å². The SMILES string of the molecule is NC(=O)N1CCC(CC(NCc2ccc(F)cc2)c2ccc(F)cc2)CC1. The molecule has 2 amide bonds. The van der Waals surface area contributed by atoms with Crippen molar-refractivity contribution in [3.8, 4) is 0 Å². The minimum atomic E-state index is -0.363. The number of carbonyl (C=O) groups is 1. The van der Waals surface area contributed by atoms with Gasteiger partial charge in [0.1, 0.15) is 11.6 Å². The molecule has 0 saturated carbocycles. The number of carbonyl (C=O) groups excluding carboxylic acids is 1. The number of nitrogens with one attached hydrogen (secondary N) is 1. The van der Waals surface area contributed by atoms with Crippen LogP contribution in [0.25, 0.3) is 0 Å². The number of rotatable bonds is 6. The third-order valence-electron chi connectivity index (χ3n) is 5.23. The Kier molecular flexibility index (Phi) is 6.40. The number of piperidine rings is 1. The van der Waals surface area contributed by atoms with Crippen LogP contribution in [-0.4, -0.2) is 24.0 Å². The molecule has 0 radical (unpaired) electrons. The van der Waals surface area contributed by atoms with Crippen molar-refractivity contribution in [3.63, 3.8) is 0 Å². The molecule has 1 fully saturated rings. The Hall–Kier alpha value is -2.47. The number of nitrogens with zero attached hydrogens (tertiary/aromatic N) is 1. The lowest BCUT2D eigenvalue weighted by Crippen LogP contribution is -2.42. The Morgan fingerprint density at radius 1 is 1.04 bits per heavy atom. The van der Waals surface area contributed by atoms with Crippen molar-refractivity contribution in [2.45, 2.75) is 31.8 Å². The quantitative estimate of drug-likeness (QED) is 0.805. The second kappa shape index (κ2) is 8.95. The number of likely N-dealkylation sites (tertiary alicyclic amines) is 1. The van der Waals surface area contributed by atoms with E-state index in [1.165, 1.54) is 24.3 Å². The average Bonchev–Trinajstić information content (AvgIpc) is 2.67. The first kappa shape index (κ1) is 19.3. The predicted molar refractivity (Wildman–Crippen MR) is 101 cm³/mol. The molecule has 1 heterocycles. The minimum Gasteiger partial charge on any atom is -0.351 e. The summed E-state index contributed by atoms with van der Waals surface area (Å²) in [6, 6.07) is 12.7. The van der Waals surface area contributed by atoms with Crippen LogP contribution in [0.3, 0.4) is 0 Å². The van der Waals surface area contributed by atoms with Crippen LogP contribution in [0.1, 0.15) is 36.4 Å². The largest absolute Gasteiger partial charge is 0.351 e. The highest BCUT2D eigenvalue weighted by molar-refractivity contribution is 5.72. The summed E-state index contributed by atoms with van der Waals surface area (Å²) in [7, 11) is 0. The van der Waals surface area contributed by atoms with Crippen molar-refractivity contribution >= 4 is 6.03 Å². The zero-order valence-electron chi connectivity index (χ0n) is 15.2. The highest BCUT2D eigenvalue weighted by atomic mass is 19.1. The fourth-order valence-electron chi connectivity index (χ4n) is 3.60. The van der Waals surface area contributed by atoms with E-state index in [1.54, 1.807) is 29.2 Å². The topological polar surface area (TPSA) is 58.4 Å². The van der Waals surface area contributed by atoms with Crippen LogP contribution in [0.2, 0.25) is 0 Å². The van der Waals surface area contributed by atoms with E-state index in [4.69, 9.17) is 5.73 Å². The van der Waals surface area contributed by atoms with Gasteiger partial charge in [0, 0.05) is 25.7 Å². The molecule has 0 spiro atoms. The van der Waals surface area contributed by atoms with Gasteiger partial charge in [-0.15, -0.1) is 0 Å². The van der Waals surface area contributed by atoms with Crippen molar-refractivity contribution in [3.05, 3.63) is 71.3 Å². The Balaban J connectivity index is 1.65. The fraction of sp³-hybridized carbons (Fsp3) is 0.381. The van der Waals surface area contributed by atoms with Gasteiger partial charge in [-0.3, -0.25) is 0 Å². The summed E-state index contributed by atoms with van der Waals surface area (Å²) >= 11 is 0. The number of halogens is 2. The first-order valence-electron chi connectivity index (χ1n) is 9.29. The monoisotopic (exact) mass is 373 g/mol. The van der Waals surface area contributed by atoms with E-state index in [9.17, 15) is 13.6 Å². The van der Waals surface area contributed by atoms with Crippen molar-refractivity contribution in [2.24, 2.45) is 11.7 Å². The fourth-order valence-corrected chi connectivity index (χ4v) is 3.60. The number of hydrogen-bond donors (Lipinski definition) is 2. The van der Waals surface area contributed by atoms with Crippen molar-refractivity contribution in [1.82, 2.24) is 10.2 Å². The summed E-state index contributed by atoms with van der Waals surface area (Å²) < 4.78 is 26.4. The number of amides is 2. The summed E-state index contributed by atoms with van der Waals surface area (Å²) in [4.78, 5) is 13.0. The van der Waals surface area contributed by atoms with Gasteiger partial charge in [-0.1, -0.05) is 24.3 Å². The third-order valence-corrected chi connectivity index (χ3v) is 5.23. The van der Waals surface area contributed by atoms with Crippen molar-refractivity contribution in [2.75, 3.05) is 13.1 Å². The van der Waals surface area contributed by atoms with E-state index in [1.807, 2.05) is 0 Å². The molecule has 1 aliphatic rings. The van der Waals surface area contributed by atoms with E-state index >= 15 is 0 Å². The first-order chi connectivity index (χ1) is 13.0. The van der Waals surface area contributed by atoms with Crippen molar-refractivity contribution < 1.29 is 13.6 Å². The number of nitrogens with two attached hydrogens (primary N) is 1. The van der Waals surface area contributed by atoms with Crippen LogP contribution in [0, 0.1) is 17.6 Å². The average molecular weight is 373 g/mol. The molecule has 3 N–H and O–H groups in total. The molecule has 27 heavy (non-hydrogen) atoms. The van der Waals surface area contributed by atoms with E-state index in [2.05, 4.69) is 5.32 Å². The molecular formula is C21H25F2N3O. The zero-order chi connectivity index (χ0) is 19.2.